The van der Waals surface area contributed by atoms with Crippen LogP contribution in [0, 0.1) is 0 Å². The second-order valence-electron chi connectivity index (χ2n) is 4.17. The summed E-state index contributed by atoms with van der Waals surface area (Å²) in [6.07, 6.45) is -0.890. The number of carbonyl (C=O) groups excluding carboxylic acids is 1. The number of hydrogen-bond acceptors (Lipinski definition) is 4. The van der Waals surface area contributed by atoms with E-state index in [2.05, 4.69) is 9.72 Å². The monoisotopic (exact) mass is 284 g/mol. The number of ether oxygens (including phenoxy) is 2. The van der Waals surface area contributed by atoms with Crippen molar-refractivity contribution >= 4 is 17.0 Å². The van der Waals surface area contributed by atoms with E-state index in [0.29, 0.717) is 11.0 Å². The molecule has 1 aromatic heterocycles. The number of rotatable bonds is 5. The molecule has 1 atom stereocenters. The molecule has 0 spiro atoms. The molecule has 2 rings (SSSR count). The molecule has 0 amide bonds. The third kappa shape index (κ3) is 2.77. The Morgan fingerprint density at radius 1 is 1.40 bits per heavy atom. The smallest absolute Gasteiger partial charge is 0.332 e. The first kappa shape index (κ1) is 14.4. The Morgan fingerprint density at radius 3 is 2.75 bits per heavy atom. The molecule has 1 aromatic carbocycles. The Labute approximate surface area is 114 Å². The van der Waals surface area contributed by atoms with Gasteiger partial charge in [-0.3, -0.25) is 4.57 Å². The van der Waals surface area contributed by atoms with Crippen LogP contribution in [0.3, 0.4) is 0 Å². The quantitative estimate of drug-likeness (QED) is 0.792. The second kappa shape index (κ2) is 5.96. The van der Waals surface area contributed by atoms with E-state index in [1.807, 2.05) is 0 Å². The van der Waals surface area contributed by atoms with Gasteiger partial charge in [0.25, 0.3) is 0 Å². The lowest BCUT2D eigenvalue weighted by atomic mass is 10.3. The summed E-state index contributed by atoms with van der Waals surface area (Å²) in [6, 6.07) is 6.52. The lowest BCUT2D eigenvalue weighted by Crippen LogP contribution is -2.17. The van der Waals surface area contributed by atoms with Gasteiger partial charge in [0, 0.05) is 7.11 Å². The van der Waals surface area contributed by atoms with Gasteiger partial charge >= 0.3 is 12.5 Å². The predicted molar refractivity (Wildman–Crippen MR) is 67.4 cm³/mol. The SMILES string of the molecule is COCC(=O)OC(C)c1nc2ccccc2n1C(F)F. The number of aromatic nitrogens is 2. The maximum Gasteiger partial charge on any atom is 0.332 e. The number of carbonyl (C=O) groups is 1. The first-order valence-electron chi connectivity index (χ1n) is 5.98. The molecule has 20 heavy (non-hydrogen) atoms. The highest BCUT2D eigenvalue weighted by molar-refractivity contribution is 5.76. The summed E-state index contributed by atoms with van der Waals surface area (Å²) in [6.45, 7) is -1.51. The summed E-state index contributed by atoms with van der Waals surface area (Å²) in [5, 5.41) is 0. The van der Waals surface area contributed by atoms with E-state index in [-0.39, 0.29) is 12.4 Å². The summed E-state index contributed by atoms with van der Waals surface area (Å²) >= 11 is 0. The van der Waals surface area contributed by atoms with Crippen LogP contribution in [0.4, 0.5) is 8.78 Å². The van der Waals surface area contributed by atoms with Crippen molar-refractivity contribution in [3.05, 3.63) is 30.1 Å². The van der Waals surface area contributed by atoms with Crippen LogP contribution in [-0.2, 0) is 14.3 Å². The van der Waals surface area contributed by atoms with Crippen molar-refractivity contribution in [3.63, 3.8) is 0 Å². The lowest BCUT2D eigenvalue weighted by Gasteiger charge is -2.14. The van der Waals surface area contributed by atoms with E-state index in [4.69, 9.17) is 4.74 Å². The standard InChI is InChI=1S/C13H14F2N2O3/c1-8(20-11(18)7-19-2)12-16-9-5-3-4-6-10(9)17(12)13(14)15/h3-6,8,13H,7H2,1-2H3. The molecule has 0 bridgehead atoms. The van der Waals surface area contributed by atoms with Crippen LogP contribution < -0.4 is 0 Å². The average Bonchev–Trinajstić information content (AvgIpc) is 2.78. The van der Waals surface area contributed by atoms with E-state index in [0.717, 1.165) is 4.57 Å². The lowest BCUT2D eigenvalue weighted by molar-refractivity contribution is -0.153. The number of benzene rings is 1. The number of nitrogens with zero attached hydrogens (tertiary/aromatic N) is 2. The summed E-state index contributed by atoms with van der Waals surface area (Å²) in [7, 11) is 1.35. The van der Waals surface area contributed by atoms with Crippen LogP contribution in [0.25, 0.3) is 11.0 Å². The van der Waals surface area contributed by atoms with Gasteiger partial charge in [0.1, 0.15) is 6.61 Å². The van der Waals surface area contributed by atoms with Gasteiger partial charge in [0.2, 0.25) is 0 Å². The predicted octanol–water partition coefficient (Wildman–Crippen LogP) is 2.68. The van der Waals surface area contributed by atoms with Crippen molar-refractivity contribution in [2.45, 2.75) is 19.6 Å². The van der Waals surface area contributed by atoms with Gasteiger partial charge in [0.05, 0.1) is 11.0 Å². The van der Waals surface area contributed by atoms with Crippen LogP contribution in [0.5, 0.6) is 0 Å². The van der Waals surface area contributed by atoms with Crippen molar-refractivity contribution in [2.75, 3.05) is 13.7 Å². The van der Waals surface area contributed by atoms with Crippen molar-refractivity contribution < 1.29 is 23.0 Å². The molecular weight excluding hydrogens is 270 g/mol. The number of hydrogen-bond donors (Lipinski definition) is 0. The molecule has 0 radical (unpaired) electrons. The van der Waals surface area contributed by atoms with Crippen LogP contribution in [-0.4, -0.2) is 29.2 Å². The fraction of sp³-hybridized carbons (Fsp3) is 0.385. The fourth-order valence-corrected chi connectivity index (χ4v) is 1.96. The van der Waals surface area contributed by atoms with Gasteiger partial charge in [0.15, 0.2) is 11.9 Å². The van der Waals surface area contributed by atoms with E-state index >= 15 is 0 Å². The molecule has 0 saturated carbocycles. The molecule has 2 aromatic rings. The first-order valence-corrected chi connectivity index (χ1v) is 5.98. The van der Waals surface area contributed by atoms with Gasteiger partial charge in [-0.25, -0.2) is 9.78 Å². The minimum absolute atomic E-state index is 0.00523. The molecule has 0 aliphatic heterocycles. The van der Waals surface area contributed by atoms with E-state index in [9.17, 15) is 13.6 Å². The number of imidazole rings is 1. The topological polar surface area (TPSA) is 53.4 Å². The molecule has 5 nitrogen and oxygen atoms in total. The summed E-state index contributed by atoms with van der Waals surface area (Å²) in [4.78, 5) is 15.5. The highest BCUT2D eigenvalue weighted by Crippen LogP contribution is 2.28. The molecule has 0 aliphatic carbocycles. The van der Waals surface area contributed by atoms with Crippen LogP contribution in [0.15, 0.2) is 24.3 Å². The molecule has 1 heterocycles. The van der Waals surface area contributed by atoms with Gasteiger partial charge in [-0.15, -0.1) is 0 Å². The Kier molecular flexibility index (Phi) is 4.29. The molecular formula is C13H14F2N2O3. The molecule has 1 unspecified atom stereocenters. The first-order chi connectivity index (χ1) is 9.54. The summed E-state index contributed by atoms with van der Waals surface area (Å²) in [5.74, 6) is -0.626. The number of para-hydroxylation sites is 2. The maximum atomic E-state index is 13.2. The van der Waals surface area contributed by atoms with Crippen molar-refractivity contribution in [2.24, 2.45) is 0 Å². The zero-order valence-corrected chi connectivity index (χ0v) is 11.0. The number of halogens is 2. The van der Waals surface area contributed by atoms with Crippen LogP contribution in [0.1, 0.15) is 25.4 Å². The number of fused-ring (bicyclic) bond motifs is 1. The molecule has 0 N–H and O–H groups in total. The third-order valence-corrected chi connectivity index (χ3v) is 2.75. The normalized spacial score (nSPS) is 12.8. The van der Waals surface area contributed by atoms with Gasteiger partial charge < -0.3 is 9.47 Å². The number of alkyl halides is 2. The summed E-state index contributed by atoms with van der Waals surface area (Å²) in [5.41, 5.74) is 0.726. The Bertz CT molecular complexity index is 613. The molecule has 0 aliphatic rings. The summed E-state index contributed by atoms with van der Waals surface area (Å²) < 4.78 is 36.8. The molecule has 108 valence electrons. The van der Waals surface area contributed by atoms with Crippen molar-refractivity contribution in [1.82, 2.24) is 9.55 Å². The van der Waals surface area contributed by atoms with Gasteiger partial charge in [-0.1, -0.05) is 12.1 Å². The number of methoxy groups -OCH3 is 1. The highest BCUT2D eigenvalue weighted by Gasteiger charge is 2.24. The Balaban J connectivity index is 2.37. The third-order valence-electron chi connectivity index (χ3n) is 2.75. The molecule has 7 heteroatoms. The fourth-order valence-electron chi connectivity index (χ4n) is 1.96. The zero-order valence-electron chi connectivity index (χ0n) is 11.0. The Morgan fingerprint density at radius 2 is 2.10 bits per heavy atom. The van der Waals surface area contributed by atoms with Crippen LogP contribution >= 0.6 is 0 Å². The highest BCUT2D eigenvalue weighted by atomic mass is 19.3. The van der Waals surface area contributed by atoms with E-state index in [1.165, 1.54) is 14.0 Å². The number of esters is 1. The van der Waals surface area contributed by atoms with Gasteiger partial charge in [-0.2, -0.15) is 8.78 Å². The minimum Gasteiger partial charge on any atom is -0.453 e. The van der Waals surface area contributed by atoms with E-state index < -0.39 is 18.6 Å². The maximum absolute atomic E-state index is 13.2. The second-order valence-corrected chi connectivity index (χ2v) is 4.17. The minimum atomic E-state index is -2.76. The van der Waals surface area contributed by atoms with Gasteiger partial charge in [-0.05, 0) is 19.1 Å². The average molecular weight is 284 g/mol. The zero-order chi connectivity index (χ0) is 14.7. The Hall–Kier alpha value is -2.02. The van der Waals surface area contributed by atoms with Crippen molar-refractivity contribution in [3.8, 4) is 0 Å². The molecule has 0 saturated heterocycles. The van der Waals surface area contributed by atoms with Crippen molar-refractivity contribution in [1.29, 1.82) is 0 Å². The van der Waals surface area contributed by atoms with Crippen LogP contribution in [0.2, 0.25) is 0 Å². The molecule has 0 fully saturated rings. The van der Waals surface area contributed by atoms with E-state index in [1.54, 1.807) is 24.3 Å². The largest absolute Gasteiger partial charge is 0.453 e.